The normalized spacial score (nSPS) is 17.7. The second-order valence-electron chi connectivity index (χ2n) is 6.21. The summed E-state index contributed by atoms with van der Waals surface area (Å²) >= 11 is 0. The molecule has 1 aromatic carbocycles. The van der Waals surface area contributed by atoms with Crippen LogP contribution < -0.4 is 10.2 Å². The van der Waals surface area contributed by atoms with Crippen LogP contribution in [0.5, 0.6) is 0 Å². The van der Waals surface area contributed by atoms with Crippen LogP contribution in [0.25, 0.3) is 0 Å². The summed E-state index contributed by atoms with van der Waals surface area (Å²) in [5.74, 6) is -0.148. The van der Waals surface area contributed by atoms with Gasteiger partial charge in [-0.3, -0.25) is 9.48 Å². The minimum atomic E-state index is -0.225. The molecule has 5 nitrogen and oxygen atoms in total. The molecule has 1 saturated heterocycles. The van der Waals surface area contributed by atoms with Crippen molar-refractivity contribution in [3.8, 4) is 0 Å². The van der Waals surface area contributed by atoms with Crippen LogP contribution in [0.2, 0.25) is 0 Å². The van der Waals surface area contributed by atoms with Crippen molar-refractivity contribution >= 4 is 11.6 Å². The zero-order chi connectivity index (χ0) is 16.8. The molecule has 0 radical (unpaired) electrons. The first-order valence-electron chi connectivity index (χ1n) is 8.48. The number of piperidine rings is 1. The van der Waals surface area contributed by atoms with Gasteiger partial charge in [0.15, 0.2) is 0 Å². The number of nitrogens with one attached hydrogen (secondary N) is 1. The molecule has 0 bridgehead atoms. The van der Waals surface area contributed by atoms with Gasteiger partial charge < -0.3 is 10.2 Å². The summed E-state index contributed by atoms with van der Waals surface area (Å²) in [6, 6.07) is 8.64. The molecular formula is C18H23FN4O. The van der Waals surface area contributed by atoms with E-state index in [1.807, 2.05) is 23.0 Å². The number of halogens is 1. The van der Waals surface area contributed by atoms with Crippen LogP contribution in [0.3, 0.4) is 0 Å². The van der Waals surface area contributed by atoms with E-state index in [0.29, 0.717) is 6.42 Å². The average Bonchev–Trinajstić information content (AvgIpc) is 3.08. The van der Waals surface area contributed by atoms with E-state index in [1.54, 1.807) is 18.3 Å². The van der Waals surface area contributed by atoms with Crippen molar-refractivity contribution < 1.29 is 9.18 Å². The van der Waals surface area contributed by atoms with Crippen LogP contribution in [0.1, 0.15) is 25.7 Å². The van der Waals surface area contributed by atoms with E-state index in [4.69, 9.17) is 0 Å². The van der Waals surface area contributed by atoms with Crippen LogP contribution in [0.15, 0.2) is 42.7 Å². The van der Waals surface area contributed by atoms with Gasteiger partial charge in [-0.05, 0) is 43.5 Å². The van der Waals surface area contributed by atoms with E-state index < -0.39 is 0 Å². The number of benzene rings is 1. The van der Waals surface area contributed by atoms with Crippen LogP contribution in [0.4, 0.5) is 10.1 Å². The lowest BCUT2D eigenvalue weighted by Crippen LogP contribution is -2.47. The van der Waals surface area contributed by atoms with Gasteiger partial charge >= 0.3 is 0 Å². The molecule has 1 amide bonds. The Hall–Kier alpha value is -2.37. The number of amides is 1. The molecule has 128 valence electrons. The van der Waals surface area contributed by atoms with Crippen LogP contribution in [-0.4, -0.2) is 34.8 Å². The SMILES string of the molecule is O=C(CCCn1cccn1)N[C@H]1CCCN(c2cccc(F)c2)C1. The molecule has 1 aliphatic rings. The molecule has 2 aromatic rings. The second-order valence-corrected chi connectivity index (χ2v) is 6.21. The van der Waals surface area contributed by atoms with E-state index >= 15 is 0 Å². The van der Waals surface area contributed by atoms with E-state index in [0.717, 1.165) is 44.6 Å². The molecule has 0 aliphatic carbocycles. The Morgan fingerprint density at radius 2 is 2.29 bits per heavy atom. The molecule has 24 heavy (non-hydrogen) atoms. The summed E-state index contributed by atoms with van der Waals surface area (Å²) in [6.07, 6.45) is 6.87. The fourth-order valence-corrected chi connectivity index (χ4v) is 3.14. The molecule has 2 heterocycles. The van der Waals surface area contributed by atoms with Gasteiger partial charge in [0.1, 0.15) is 5.82 Å². The van der Waals surface area contributed by atoms with Gasteiger partial charge in [0, 0.05) is 50.2 Å². The summed E-state index contributed by atoms with van der Waals surface area (Å²) in [7, 11) is 0. The van der Waals surface area contributed by atoms with Crippen molar-refractivity contribution in [1.29, 1.82) is 0 Å². The summed E-state index contributed by atoms with van der Waals surface area (Å²) < 4.78 is 15.2. The first-order chi connectivity index (χ1) is 11.7. The van der Waals surface area contributed by atoms with E-state index in [9.17, 15) is 9.18 Å². The lowest BCUT2D eigenvalue weighted by molar-refractivity contribution is -0.122. The highest BCUT2D eigenvalue weighted by molar-refractivity contribution is 5.76. The summed E-state index contributed by atoms with van der Waals surface area (Å²) in [4.78, 5) is 14.3. The molecule has 0 spiro atoms. The number of carbonyl (C=O) groups excluding carboxylic acids is 1. The molecule has 1 atom stereocenters. The number of hydrogen-bond acceptors (Lipinski definition) is 3. The number of aryl methyl sites for hydroxylation is 1. The summed E-state index contributed by atoms with van der Waals surface area (Å²) in [5, 5.41) is 7.24. The van der Waals surface area contributed by atoms with E-state index in [2.05, 4.69) is 15.3 Å². The molecular weight excluding hydrogens is 307 g/mol. The van der Waals surface area contributed by atoms with Crippen molar-refractivity contribution in [2.45, 2.75) is 38.3 Å². The maximum absolute atomic E-state index is 13.4. The molecule has 1 aromatic heterocycles. The lowest BCUT2D eigenvalue weighted by atomic mass is 10.0. The topological polar surface area (TPSA) is 50.2 Å². The maximum atomic E-state index is 13.4. The molecule has 1 fully saturated rings. The summed E-state index contributed by atoms with van der Waals surface area (Å²) in [6.45, 7) is 2.38. The van der Waals surface area contributed by atoms with Gasteiger partial charge in [-0.1, -0.05) is 6.07 Å². The van der Waals surface area contributed by atoms with E-state index in [-0.39, 0.29) is 17.8 Å². The predicted molar refractivity (Wildman–Crippen MR) is 91.2 cm³/mol. The largest absolute Gasteiger partial charge is 0.369 e. The maximum Gasteiger partial charge on any atom is 0.220 e. The first-order valence-corrected chi connectivity index (χ1v) is 8.48. The van der Waals surface area contributed by atoms with Gasteiger partial charge in [-0.2, -0.15) is 5.10 Å². The van der Waals surface area contributed by atoms with E-state index in [1.165, 1.54) is 6.07 Å². The lowest BCUT2D eigenvalue weighted by Gasteiger charge is -2.34. The van der Waals surface area contributed by atoms with Crippen molar-refractivity contribution in [3.05, 3.63) is 48.5 Å². The van der Waals surface area contributed by atoms with Crippen LogP contribution in [-0.2, 0) is 11.3 Å². The van der Waals surface area contributed by atoms with Crippen molar-refractivity contribution in [1.82, 2.24) is 15.1 Å². The standard InChI is InChI=1S/C18H23FN4O/c19-15-5-1-7-17(13-15)22-10-2-6-16(14-22)21-18(24)8-3-11-23-12-4-9-20-23/h1,4-5,7,9,12-13,16H,2-3,6,8,10-11,14H2,(H,21,24)/t16-/m0/s1. The minimum absolute atomic E-state index is 0.0771. The van der Waals surface area contributed by atoms with Gasteiger partial charge in [-0.15, -0.1) is 0 Å². The highest BCUT2D eigenvalue weighted by Gasteiger charge is 2.21. The number of aromatic nitrogens is 2. The Balaban J connectivity index is 1.45. The monoisotopic (exact) mass is 330 g/mol. The highest BCUT2D eigenvalue weighted by atomic mass is 19.1. The van der Waals surface area contributed by atoms with Crippen molar-refractivity contribution in [3.63, 3.8) is 0 Å². The third-order valence-electron chi connectivity index (χ3n) is 4.31. The third-order valence-corrected chi connectivity index (χ3v) is 4.31. The number of hydrogen-bond donors (Lipinski definition) is 1. The highest BCUT2D eigenvalue weighted by Crippen LogP contribution is 2.20. The zero-order valence-corrected chi connectivity index (χ0v) is 13.7. The van der Waals surface area contributed by atoms with Crippen molar-refractivity contribution in [2.24, 2.45) is 0 Å². The minimum Gasteiger partial charge on any atom is -0.369 e. The van der Waals surface area contributed by atoms with Gasteiger partial charge in [0.2, 0.25) is 5.91 Å². The van der Waals surface area contributed by atoms with Gasteiger partial charge in [0.05, 0.1) is 0 Å². The van der Waals surface area contributed by atoms with Crippen molar-refractivity contribution in [2.75, 3.05) is 18.0 Å². The fourth-order valence-electron chi connectivity index (χ4n) is 3.14. The number of rotatable bonds is 6. The smallest absolute Gasteiger partial charge is 0.220 e. The predicted octanol–water partition coefficient (Wildman–Crippen LogP) is 2.59. The summed E-state index contributed by atoms with van der Waals surface area (Å²) in [5.41, 5.74) is 0.882. The molecule has 3 rings (SSSR count). The number of anilines is 1. The third kappa shape index (κ3) is 4.57. The Kier molecular flexibility index (Phi) is 5.46. The molecule has 0 unspecified atom stereocenters. The Morgan fingerprint density at radius 1 is 1.38 bits per heavy atom. The second kappa shape index (κ2) is 7.95. The molecule has 6 heteroatoms. The quantitative estimate of drug-likeness (QED) is 0.886. The number of carbonyl (C=O) groups is 1. The Bertz CT molecular complexity index is 659. The fraction of sp³-hybridized carbons (Fsp3) is 0.444. The van der Waals surface area contributed by atoms with Gasteiger partial charge in [-0.25, -0.2) is 4.39 Å². The first kappa shape index (κ1) is 16.5. The molecule has 1 aliphatic heterocycles. The van der Waals surface area contributed by atoms with Crippen LogP contribution in [0, 0.1) is 5.82 Å². The Labute approximate surface area is 141 Å². The van der Waals surface area contributed by atoms with Gasteiger partial charge in [0.25, 0.3) is 0 Å². The molecule has 1 N–H and O–H groups in total. The number of nitrogens with zero attached hydrogens (tertiary/aromatic N) is 3. The Morgan fingerprint density at radius 3 is 3.08 bits per heavy atom. The van der Waals surface area contributed by atoms with Crippen LogP contribution >= 0.6 is 0 Å². The average molecular weight is 330 g/mol. The molecule has 0 saturated carbocycles. The zero-order valence-electron chi connectivity index (χ0n) is 13.7.